The summed E-state index contributed by atoms with van der Waals surface area (Å²) in [5.74, 6) is 0.656. The van der Waals surface area contributed by atoms with E-state index >= 15 is 0 Å². The summed E-state index contributed by atoms with van der Waals surface area (Å²) in [4.78, 5) is 31.6. The van der Waals surface area contributed by atoms with Crippen LogP contribution in [0.1, 0.15) is 40.4 Å². The number of benzene rings is 1. The van der Waals surface area contributed by atoms with Crippen molar-refractivity contribution >= 4 is 28.9 Å². The highest BCUT2D eigenvalue weighted by molar-refractivity contribution is 8.00. The lowest BCUT2D eigenvalue weighted by atomic mass is 10.1. The number of thioether (sulfide) groups is 1. The monoisotopic (exact) mass is 328 g/mol. The molecule has 3 rings (SSSR count). The zero-order valence-electron chi connectivity index (χ0n) is 13.0. The molecule has 1 aromatic carbocycles. The first-order chi connectivity index (χ1) is 11.0. The molecule has 1 aliphatic rings. The van der Waals surface area contributed by atoms with Crippen LogP contribution in [0.15, 0.2) is 35.5 Å². The molecule has 5 nitrogen and oxygen atoms in total. The highest BCUT2D eigenvalue weighted by Gasteiger charge is 2.25. The molecule has 6 heteroatoms. The maximum atomic E-state index is 12.5. The van der Waals surface area contributed by atoms with Crippen molar-refractivity contribution in [1.82, 2.24) is 9.97 Å². The Morgan fingerprint density at radius 2 is 2.00 bits per heavy atom. The van der Waals surface area contributed by atoms with Gasteiger partial charge >= 0.3 is 0 Å². The summed E-state index contributed by atoms with van der Waals surface area (Å²) in [7, 11) is 1.59. The summed E-state index contributed by atoms with van der Waals surface area (Å²) < 4.78 is 5.09. The number of aromatic nitrogens is 2. The number of carbonyl (C=O) groups excluding carboxylic acids is 2. The molecule has 1 aromatic heterocycles. The Balaban J connectivity index is 1.74. The Bertz CT molecular complexity index is 806. The normalized spacial score (nSPS) is 14.4. The maximum Gasteiger partial charge on any atom is 0.204 e. The van der Waals surface area contributed by atoms with Gasteiger partial charge in [0.25, 0.3) is 0 Å². The number of aromatic amines is 1. The quantitative estimate of drug-likeness (QED) is 0.673. The number of allylic oxidation sites excluding steroid dienone is 2. The molecule has 1 heterocycles. The average molecular weight is 328 g/mol. The van der Waals surface area contributed by atoms with E-state index in [1.165, 1.54) is 11.8 Å². The van der Waals surface area contributed by atoms with Crippen molar-refractivity contribution in [2.24, 2.45) is 0 Å². The first-order valence-electron chi connectivity index (χ1n) is 7.17. The van der Waals surface area contributed by atoms with E-state index in [1.54, 1.807) is 37.5 Å². The molecule has 23 heavy (non-hydrogen) atoms. The van der Waals surface area contributed by atoms with Crippen LogP contribution in [-0.2, 0) is 0 Å². The second-order valence-electron chi connectivity index (χ2n) is 5.31. The van der Waals surface area contributed by atoms with Gasteiger partial charge in [0.05, 0.1) is 18.1 Å². The summed E-state index contributed by atoms with van der Waals surface area (Å²) >= 11 is 1.32. The second kappa shape index (κ2) is 6.04. The molecule has 1 aliphatic carbocycles. The van der Waals surface area contributed by atoms with E-state index < -0.39 is 0 Å². The van der Waals surface area contributed by atoms with Crippen molar-refractivity contribution < 1.29 is 14.3 Å². The largest absolute Gasteiger partial charge is 0.497 e. The minimum Gasteiger partial charge on any atom is -0.497 e. The third-order valence-electron chi connectivity index (χ3n) is 3.68. The first kappa shape index (κ1) is 15.6. The van der Waals surface area contributed by atoms with Gasteiger partial charge < -0.3 is 9.72 Å². The molecule has 0 amide bonds. The molecular weight excluding hydrogens is 312 g/mol. The third-order valence-corrected chi connectivity index (χ3v) is 4.67. The molecule has 2 aromatic rings. The topological polar surface area (TPSA) is 72.0 Å². The molecule has 0 bridgehead atoms. The van der Waals surface area contributed by atoms with Crippen LogP contribution in [0, 0.1) is 0 Å². The maximum absolute atomic E-state index is 12.5. The molecule has 0 saturated heterocycles. The van der Waals surface area contributed by atoms with Crippen molar-refractivity contribution in [2.75, 3.05) is 7.11 Å². The Morgan fingerprint density at radius 1 is 1.30 bits per heavy atom. The second-order valence-corrected chi connectivity index (χ2v) is 6.64. The van der Waals surface area contributed by atoms with E-state index in [2.05, 4.69) is 9.97 Å². The van der Waals surface area contributed by atoms with Gasteiger partial charge in [0.15, 0.2) is 10.9 Å². The van der Waals surface area contributed by atoms with Crippen LogP contribution in [0.25, 0.3) is 5.57 Å². The fourth-order valence-corrected chi connectivity index (χ4v) is 3.30. The van der Waals surface area contributed by atoms with Gasteiger partial charge in [-0.2, -0.15) is 0 Å². The van der Waals surface area contributed by atoms with Crippen LogP contribution in [0.4, 0.5) is 0 Å². The molecule has 0 saturated carbocycles. The van der Waals surface area contributed by atoms with Gasteiger partial charge in [0.2, 0.25) is 5.78 Å². The molecule has 0 fully saturated rings. The minimum atomic E-state index is -0.311. The summed E-state index contributed by atoms with van der Waals surface area (Å²) in [5.41, 5.74) is 2.66. The van der Waals surface area contributed by atoms with Gasteiger partial charge in [-0.3, -0.25) is 9.59 Å². The molecule has 1 atom stereocenters. The average Bonchev–Trinajstić information content (AvgIpc) is 3.08. The van der Waals surface area contributed by atoms with Crippen LogP contribution < -0.4 is 4.74 Å². The number of hydrogen-bond acceptors (Lipinski definition) is 5. The van der Waals surface area contributed by atoms with E-state index in [-0.39, 0.29) is 16.8 Å². The lowest BCUT2D eigenvalue weighted by Gasteiger charge is -2.09. The number of rotatable bonds is 5. The third kappa shape index (κ3) is 2.94. The van der Waals surface area contributed by atoms with Crippen LogP contribution in [0.2, 0.25) is 0 Å². The van der Waals surface area contributed by atoms with Crippen LogP contribution in [0.3, 0.4) is 0 Å². The van der Waals surface area contributed by atoms with Gasteiger partial charge in [-0.05, 0) is 49.8 Å². The van der Waals surface area contributed by atoms with Gasteiger partial charge in [0.1, 0.15) is 11.4 Å². The number of carbonyl (C=O) groups is 2. The van der Waals surface area contributed by atoms with E-state index in [0.717, 1.165) is 5.57 Å². The number of Topliss-reactive ketones (excluding diaryl/α,β-unsaturated/α-hetero) is 1. The fourth-order valence-electron chi connectivity index (χ4n) is 2.42. The van der Waals surface area contributed by atoms with Crippen LogP contribution in [-0.4, -0.2) is 33.9 Å². The number of nitrogens with zero attached hydrogens (tertiary/aromatic N) is 1. The molecular formula is C17H16N2O3S. The van der Waals surface area contributed by atoms with Crippen molar-refractivity contribution in [3.63, 3.8) is 0 Å². The number of nitrogens with one attached hydrogen (secondary N) is 1. The Hall–Kier alpha value is -2.34. The fraction of sp³-hybridized carbons (Fsp3) is 0.235. The van der Waals surface area contributed by atoms with Gasteiger partial charge in [0, 0.05) is 5.56 Å². The lowest BCUT2D eigenvalue weighted by molar-refractivity contribution is 0.0993. The van der Waals surface area contributed by atoms with Crippen LogP contribution >= 0.6 is 11.8 Å². The van der Waals surface area contributed by atoms with E-state index in [0.29, 0.717) is 27.9 Å². The van der Waals surface area contributed by atoms with E-state index in [4.69, 9.17) is 4.74 Å². The summed E-state index contributed by atoms with van der Waals surface area (Å²) in [6.07, 6.45) is 1.56. The number of H-pyrrole nitrogens is 1. The van der Waals surface area contributed by atoms with Crippen molar-refractivity contribution in [3.8, 4) is 5.75 Å². The lowest BCUT2D eigenvalue weighted by Crippen LogP contribution is -2.13. The smallest absolute Gasteiger partial charge is 0.204 e. The van der Waals surface area contributed by atoms with Crippen LogP contribution in [0.5, 0.6) is 5.75 Å². The van der Waals surface area contributed by atoms with Crippen molar-refractivity contribution in [1.29, 1.82) is 0 Å². The SMILES string of the molecule is COc1ccc(C(=O)C(C)Sc2nc3c([nH]2)C(=O)C=C3C)cc1. The number of ether oxygens (including phenoxy) is 1. The summed E-state index contributed by atoms with van der Waals surface area (Å²) in [6, 6.07) is 7.02. The minimum absolute atomic E-state index is 0.00723. The molecule has 0 aliphatic heterocycles. The Kier molecular flexibility index (Phi) is 4.09. The number of fused-ring (bicyclic) bond motifs is 1. The number of methoxy groups -OCH3 is 1. The van der Waals surface area contributed by atoms with Gasteiger partial charge in [-0.25, -0.2) is 4.98 Å². The predicted molar refractivity (Wildman–Crippen MR) is 89.2 cm³/mol. The molecule has 118 valence electrons. The van der Waals surface area contributed by atoms with Gasteiger partial charge in [-0.1, -0.05) is 11.8 Å². The number of ketones is 2. The predicted octanol–water partition coefficient (Wildman–Crippen LogP) is 3.38. The first-order valence-corrected chi connectivity index (χ1v) is 8.05. The Morgan fingerprint density at radius 3 is 2.61 bits per heavy atom. The summed E-state index contributed by atoms with van der Waals surface area (Å²) in [6.45, 7) is 3.68. The molecule has 0 spiro atoms. The van der Waals surface area contributed by atoms with E-state index in [9.17, 15) is 9.59 Å². The highest BCUT2D eigenvalue weighted by atomic mass is 32.2. The van der Waals surface area contributed by atoms with E-state index in [1.807, 2.05) is 13.8 Å². The summed E-state index contributed by atoms with van der Waals surface area (Å²) in [5, 5.41) is 0.277. The van der Waals surface area contributed by atoms with Gasteiger partial charge in [-0.15, -0.1) is 0 Å². The van der Waals surface area contributed by atoms with Crippen molar-refractivity contribution in [2.45, 2.75) is 24.3 Å². The zero-order chi connectivity index (χ0) is 16.6. The number of hydrogen-bond donors (Lipinski definition) is 1. The van der Waals surface area contributed by atoms with Crippen molar-refractivity contribution in [3.05, 3.63) is 47.3 Å². The molecule has 1 unspecified atom stereocenters. The molecule has 1 N–H and O–H groups in total. The molecule has 0 radical (unpaired) electrons. The number of imidazole rings is 1. The Labute approximate surface area is 138 Å². The standard InChI is InChI=1S/C17H16N2O3S/c1-9-8-13(20)15-14(9)18-17(19-15)23-10(2)16(21)11-4-6-12(22-3)7-5-11/h4-8,10H,1-3H3,(H,18,19). The zero-order valence-corrected chi connectivity index (χ0v) is 13.9. The highest BCUT2D eigenvalue weighted by Crippen LogP contribution is 2.30.